The van der Waals surface area contributed by atoms with Crippen molar-refractivity contribution in [1.29, 1.82) is 0 Å². The summed E-state index contributed by atoms with van der Waals surface area (Å²) >= 11 is 0. The summed E-state index contributed by atoms with van der Waals surface area (Å²) in [6.07, 6.45) is 5.04. The molecule has 2 nitrogen and oxygen atoms in total. The summed E-state index contributed by atoms with van der Waals surface area (Å²) < 4.78 is 5.23. The molecule has 1 unspecified atom stereocenters. The Morgan fingerprint density at radius 2 is 2.25 bits per heavy atom. The number of carbonyl (C=O) groups is 1. The van der Waals surface area contributed by atoms with Gasteiger partial charge in [0.25, 0.3) is 0 Å². The summed E-state index contributed by atoms with van der Waals surface area (Å²) in [5, 5.41) is 0. The molecule has 0 saturated carbocycles. The fourth-order valence-corrected chi connectivity index (χ4v) is 0.793. The van der Waals surface area contributed by atoms with Gasteiger partial charge >= 0.3 is 0 Å². The summed E-state index contributed by atoms with van der Waals surface area (Å²) in [7, 11) is 0. The van der Waals surface area contributed by atoms with E-state index < -0.39 is 0 Å². The van der Waals surface area contributed by atoms with E-state index in [9.17, 15) is 4.79 Å². The highest BCUT2D eigenvalue weighted by Gasteiger charge is 1.98. The van der Waals surface area contributed by atoms with Crippen LogP contribution in [0.4, 0.5) is 0 Å². The molecule has 0 rings (SSSR count). The van der Waals surface area contributed by atoms with Crippen LogP contribution in [0.25, 0.3) is 0 Å². The predicted molar refractivity (Wildman–Crippen MR) is 49.6 cm³/mol. The molecule has 0 saturated heterocycles. The molecular weight excluding hydrogens is 152 g/mol. The average Bonchev–Trinajstić information content (AvgIpc) is 2.10. The molecule has 2 heteroatoms. The van der Waals surface area contributed by atoms with E-state index in [2.05, 4.69) is 6.92 Å². The van der Waals surface area contributed by atoms with Gasteiger partial charge in [-0.15, -0.1) is 0 Å². The Labute approximate surface area is 75.3 Å². The maximum absolute atomic E-state index is 10.2. The van der Waals surface area contributed by atoms with Gasteiger partial charge in [-0.25, -0.2) is 0 Å². The predicted octanol–water partition coefficient (Wildman–Crippen LogP) is 2.58. The third kappa shape index (κ3) is 7.73. The zero-order valence-corrected chi connectivity index (χ0v) is 8.08. The Morgan fingerprint density at radius 1 is 1.50 bits per heavy atom. The van der Waals surface area contributed by atoms with Crippen molar-refractivity contribution in [2.45, 2.75) is 39.5 Å². The molecule has 0 bridgehead atoms. The molecule has 0 fully saturated rings. The van der Waals surface area contributed by atoms with Crippen molar-refractivity contribution in [3.63, 3.8) is 0 Å². The first-order valence-electron chi connectivity index (χ1n) is 4.69. The Morgan fingerprint density at radius 3 is 2.83 bits per heavy atom. The Balaban J connectivity index is 2.95. The van der Waals surface area contributed by atoms with Crippen molar-refractivity contribution >= 4 is 6.29 Å². The van der Waals surface area contributed by atoms with Gasteiger partial charge in [-0.1, -0.05) is 20.3 Å². The SMILES string of the molecule is CCCCO[CH]CCC(C)C=O. The largest absolute Gasteiger partial charge is 0.376 e. The van der Waals surface area contributed by atoms with Crippen LogP contribution in [0.5, 0.6) is 0 Å². The van der Waals surface area contributed by atoms with Crippen LogP contribution in [0, 0.1) is 12.5 Å². The highest BCUT2D eigenvalue weighted by Crippen LogP contribution is 2.04. The maximum atomic E-state index is 10.2. The van der Waals surface area contributed by atoms with Gasteiger partial charge in [0.15, 0.2) is 0 Å². The minimum Gasteiger partial charge on any atom is -0.376 e. The van der Waals surface area contributed by atoms with Crippen LogP contribution in [-0.2, 0) is 9.53 Å². The molecule has 71 valence electrons. The van der Waals surface area contributed by atoms with Gasteiger partial charge in [0.05, 0.1) is 6.61 Å². The van der Waals surface area contributed by atoms with Crippen molar-refractivity contribution in [3.8, 4) is 0 Å². The average molecular weight is 171 g/mol. The number of rotatable bonds is 8. The standard InChI is InChI=1S/C10H19O2/c1-3-4-7-12-8-5-6-10(2)9-11/h8-10H,3-7H2,1-2H3. The summed E-state index contributed by atoms with van der Waals surface area (Å²) in [4.78, 5) is 10.2. The minimum atomic E-state index is 0.163. The van der Waals surface area contributed by atoms with Gasteiger partial charge in [0.2, 0.25) is 0 Å². The minimum absolute atomic E-state index is 0.163. The lowest BCUT2D eigenvalue weighted by atomic mass is 10.1. The van der Waals surface area contributed by atoms with Crippen molar-refractivity contribution in [2.75, 3.05) is 6.61 Å². The van der Waals surface area contributed by atoms with Crippen LogP contribution in [-0.4, -0.2) is 12.9 Å². The Kier molecular flexibility index (Phi) is 8.46. The van der Waals surface area contributed by atoms with Gasteiger partial charge in [-0.2, -0.15) is 0 Å². The number of unbranched alkanes of at least 4 members (excludes halogenated alkanes) is 1. The molecule has 1 atom stereocenters. The summed E-state index contributed by atoms with van der Waals surface area (Å²) in [6.45, 7) is 6.69. The quantitative estimate of drug-likeness (QED) is 0.414. The summed E-state index contributed by atoms with van der Waals surface area (Å²) in [5.41, 5.74) is 0. The third-order valence-corrected chi connectivity index (χ3v) is 1.71. The molecule has 0 aliphatic carbocycles. The molecule has 0 aliphatic heterocycles. The van der Waals surface area contributed by atoms with Crippen molar-refractivity contribution in [3.05, 3.63) is 6.61 Å². The fourth-order valence-electron chi connectivity index (χ4n) is 0.793. The topological polar surface area (TPSA) is 26.3 Å². The number of hydrogen-bond donors (Lipinski definition) is 0. The van der Waals surface area contributed by atoms with Crippen LogP contribution in [0.1, 0.15) is 39.5 Å². The van der Waals surface area contributed by atoms with Crippen LogP contribution < -0.4 is 0 Å². The van der Waals surface area contributed by atoms with E-state index in [0.29, 0.717) is 0 Å². The van der Waals surface area contributed by atoms with E-state index in [1.165, 1.54) is 6.42 Å². The Bertz CT molecular complexity index is 102. The van der Waals surface area contributed by atoms with Crippen LogP contribution in [0.15, 0.2) is 0 Å². The zero-order chi connectivity index (χ0) is 9.23. The number of carbonyl (C=O) groups excluding carboxylic acids is 1. The van der Waals surface area contributed by atoms with E-state index in [-0.39, 0.29) is 5.92 Å². The lowest BCUT2D eigenvalue weighted by Crippen LogP contribution is -1.97. The number of hydrogen-bond acceptors (Lipinski definition) is 2. The van der Waals surface area contributed by atoms with Crippen molar-refractivity contribution in [2.24, 2.45) is 5.92 Å². The van der Waals surface area contributed by atoms with Crippen molar-refractivity contribution in [1.82, 2.24) is 0 Å². The normalized spacial score (nSPS) is 12.8. The summed E-state index contributed by atoms with van der Waals surface area (Å²) in [6, 6.07) is 0. The molecule has 0 heterocycles. The van der Waals surface area contributed by atoms with Crippen molar-refractivity contribution < 1.29 is 9.53 Å². The van der Waals surface area contributed by atoms with Gasteiger partial charge in [-0.3, -0.25) is 0 Å². The van der Waals surface area contributed by atoms with E-state index in [1.807, 2.05) is 13.5 Å². The van der Waals surface area contributed by atoms with Gasteiger partial charge in [0.1, 0.15) is 6.29 Å². The van der Waals surface area contributed by atoms with E-state index in [0.717, 1.165) is 32.2 Å². The van der Waals surface area contributed by atoms with Gasteiger partial charge < -0.3 is 9.53 Å². The molecule has 0 spiro atoms. The molecule has 0 aromatic heterocycles. The molecule has 1 radical (unpaired) electrons. The van der Waals surface area contributed by atoms with E-state index >= 15 is 0 Å². The third-order valence-electron chi connectivity index (χ3n) is 1.71. The molecule has 0 N–H and O–H groups in total. The highest BCUT2D eigenvalue weighted by molar-refractivity contribution is 5.52. The monoisotopic (exact) mass is 171 g/mol. The number of ether oxygens (including phenoxy) is 1. The van der Waals surface area contributed by atoms with Gasteiger partial charge in [0, 0.05) is 12.5 Å². The second-order valence-electron chi connectivity index (χ2n) is 3.08. The van der Waals surface area contributed by atoms with Crippen LogP contribution >= 0.6 is 0 Å². The van der Waals surface area contributed by atoms with E-state index in [1.54, 1.807) is 0 Å². The maximum Gasteiger partial charge on any atom is 0.122 e. The lowest BCUT2D eigenvalue weighted by Gasteiger charge is -2.03. The summed E-state index contributed by atoms with van der Waals surface area (Å²) in [5.74, 6) is 0.163. The first kappa shape index (κ1) is 11.6. The molecule has 0 amide bonds. The molecular formula is C10H19O2. The number of aldehydes is 1. The first-order chi connectivity index (χ1) is 5.81. The van der Waals surface area contributed by atoms with Crippen LogP contribution in [0.2, 0.25) is 0 Å². The second-order valence-corrected chi connectivity index (χ2v) is 3.08. The van der Waals surface area contributed by atoms with Gasteiger partial charge in [-0.05, 0) is 19.3 Å². The first-order valence-corrected chi connectivity index (χ1v) is 4.69. The molecule has 12 heavy (non-hydrogen) atoms. The second kappa shape index (κ2) is 8.72. The fraction of sp³-hybridized carbons (Fsp3) is 0.800. The molecule has 0 aromatic carbocycles. The smallest absolute Gasteiger partial charge is 0.122 e. The highest BCUT2D eigenvalue weighted by atomic mass is 16.5. The zero-order valence-electron chi connectivity index (χ0n) is 8.08. The van der Waals surface area contributed by atoms with Crippen LogP contribution in [0.3, 0.4) is 0 Å². The Hall–Kier alpha value is -0.370. The van der Waals surface area contributed by atoms with E-state index in [4.69, 9.17) is 4.74 Å². The molecule has 0 aromatic rings. The molecule has 0 aliphatic rings. The lowest BCUT2D eigenvalue weighted by molar-refractivity contribution is -0.110.